The smallest absolute Gasteiger partial charge is 0.328 e. The lowest BCUT2D eigenvalue weighted by Crippen LogP contribution is -2.54. The molecule has 0 aromatic heterocycles. The molecule has 1 rings (SSSR count). The molecule has 0 bridgehead atoms. The van der Waals surface area contributed by atoms with Gasteiger partial charge in [0.2, 0.25) is 5.91 Å². The molecule has 0 saturated carbocycles. The van der Waals surface area contributed by atoms with Crippen LogP contribution < -0.4 is 5.32 Å². The number of nitrogens with zero attached hydrogens (tertiary/aromatic N) is 1. The lowest BCUT2D eigenvalue weighted by Gasteiger charge is -2.32. The third kappa shape index (κ3) is 3.72. The van der Waals surface area contributed by atoms with Crippen molar-refractivity contribution >= 4 is 11.9 Å². The quantitative estimate of drug-likeness (QED) is 0.778. The maximum Gasteiger partial charge on any atom is 0.328 e. The highest BCUT2D eigenvalue weighted by Crippen LogP contribution is 2.26. The average Bonchev–Trinajstić information content (AvgIpc) is 2.73. The van der Waals surface area contributed by atoms with Crippen LogP contribution in [0.5, 0.6) is 0 Å². The van der Waals surface area contributed by atoms with Gasteiger partial charge in [0.25, 0.3) is 0 Å². The Labute approximate surface area is 122 Å². The van der Waals surface area contributed by atoms with Gasteiger partial charge in [-0.05, 0) is 39.5 Å². The summed E-state index contributed by atoms with van der Waals surface area (Å²) in [6.45, 7) is 9.99. The van der Waals surface area contributed by atoms with Crippen LogP contribution in [0.4, 0.5) is 0 Å². The molecule has 5 nitrogen and oxygen atoms in total. The number of rotatable bonds is 5. The third-order valence-corrected chi connectivity index (χ3v) is 4.27. The predicted molar refractivity (Wildman–Crippen MR) is 78.2 cm³/mol. The van der Waals surface area contributed by atoms with Crippen molar-refractivity contribution in [2.75, 3.05) is 7.11 Å². The van der Waals surface area contributed by atoms with E-state index in [1.807, 2.05) is 20.8 Å². The summed E-state index contributed by atoms with van der Waals surface area (Å²) in [6.07, 6.45) is 2.23. The second-order valence-corrected chi connectivity index (χ2v) is 6.15. The molecule has 1 saturated heterocycles. The SMILES string of the molecule is COC(=O)C(NC(=O)C(C)N1C(C)CCC1C)C(C)C. The molecule has 4 unspecified atom stereocenters. The Hall–Kier alpha value is -1.10. The van der Waals surface area contributed by atoms with Crippen LogP contribution in [0.2, 0.25) is 0 Å². The number of hydrogen-bond donors (Lipinski definition) is 1. The molecule has 20 heavy (non-hydrogen) atoms. The van der Waals surface area contributed by atoms with E-state index in [0.717, 1.165) is 12.8 Å². The fourth-order valence-corrected chi connectivity index (χ4v) is 3.01. The first-order valence-electron chi connectivity index (χ1n) is 7.45. The first-order chi connectivity index (χ1) is 9.29. The van der Waals surface area contributed by atoms with E-state index in [0.29, 0.717) is 12.1 Å². The van der Waals surface area contributed by atoms with Crippen LogP contribution in [0.25, 0.3) is 0 Å². The maximum atomic E-state index is 12.4. The van der Waals surface area contributed by atoms with Crippen LogP contribution >= 0.6 is 0 Å². The number of methoxy groups -OCH3 is 1. The topological polar surface area (TPSA) is 58.6 Å². The van der Waals surface area contributed by atoms with Crippen molar-refractivity contribution in [3.8, 4) is 0 Å². The van der Waals surface area contributed by atoms with E-state index in [2.05, 4.69) is 24.1 Å². The van der Waals surface area contributed by atoms with Gasteiger partial charge in [-0.15, -0.1) is 0 Å². The zero-order valence-corrected chi connectivity index (χ0v) is 13.5. The van der Waals surface area contributed by atoms with Crippen molar-refractivity contribution in [1.82, 2.24) is 10.2 Å². The van der Waals surface area contributed by atoms with Crippen LogP contribution in [-0.2, 0) is 14.3 Å². The van der Waals surface area contributed by atoms with Gasteiger partial charge in [0.15, 0.2) is 0 Å². The van der Waals surface area contributed by atoms with Crippen molar-refractivity contribution in [2.45, 2.75) is 71.6 Å². The Balaban J connectivity index is 2.71. The summed E-state index contributed by atoms with van der Waals surface area (Å²) in [5.41, 5.74) is 0. The lowest BCUT2D eigenvalue weighted by atomic mass is 10.0. The standard InChI is InChI=1S/C15H28N2O3/c1-9(2)13(15(19)20-6)16-14(18)12(5)17-10(3)7-8-11(17)4/h9-13H,7-8H2,1-6H3,(H,16,18). The van der Waals surface area contributed by atoms with E-state index in [4.69, 9.17) is 4.74 Å². The van der Waals surface area contributed by atoms with Crippen LogP contribution in [0, 0.1) is 5.92 Å². The molecule has 5 heteroatoms. The lowest BCUT2D eigenvalue weighted by molar-refractivity contribution is -0.147. The molecule has 0 aromatic rings. The molecule has 0 aliphatic carbocycles. The normalized spacial score (nSPS) is 26.4. The van der Waals surface area contributed by atoms with E-state index in [1.54, 1.807) is 0 Å². The Morgan fingerprint density at radius 2 is 1.65 bits per heavy atom. The molecule has 1 N–H and O–H groups in total. The van der Waals surface area contributed by atoms with Gasteiger partial charge in [-0.3, -0.25) is 9.69 Å². The summed E-state index contributed by atoms with van der Waals surface area (Å²) in [6, 6.07) is -0.000625. The minimum Gasteiger partial charge on any atom is -0.467 e. The summed E-state index contributed by atoms with van der Waals surface area (Å²) in [7, 11) is 1.35. The highest BCUT2D eigenvalue weighted by Gasteiger charge is 2.36. The number of ether oxygens (including phenoxy) is 1. The van der Waals surface area contributed by atoms with Gasteiger partial charge < -0.3 is 10.1 Å². The van der Waals surface area contributed by atoms with E-state index >= 15 is 0 Å². The molecule has 116 valence electrons. The van der Waals surface area contributed by atoms with Gasteiger partial charge in [0, 0.05) is 12.1 Å². The summed E-state index contributed by atoms with van der Waals surface area (Å²) in [5, 5.41) is 2.83. The van der Waals surface area contributed by atoms with E-state index in [-0.39, 0.29) is 23.8 Å². The molecule has 1 heterocycles. The Kier molecular flexibility index (Phi) is 5.99. The highest BCUT2D eigenvalue weighted by atomic mass is 16.5. The van der Waals surface area contributed by atoms with Crippen molar-refractivity contribution in [1.29, 1.82) is 0 Å². The summed E-state index contributed by atoms with van der Waals surface area (Å²) in [4.78, 5) is 26.3. The number of nitrogens with one attached hydrogen (secondary N) is 1. The number of likely N-dealkylation sites (tertiary alicyclic amines) is 1. The molecule has 0 aromatic carbocycles. The molecule has 1 fully saturated rings. The number of hydrogen-bond acceptors (Lipinski definition) is 4. The Morgan fingerprint density at radius 3 is 2.05 bits per heavy atom. The summed E-state index contributed by atoms with van der Waals surface area (Å²) >= 11 is 0. The third-order valence-electron chi connectivity index (χ3n) is 4.27. The average molecular weight is 284 g/mol. The predicted octanol–water partition coefficient (Wildman–Crippen LogP) is 1.56. The molecule has 1 amide bonds. The zero-order valence-electron chi connectivity index (χ0n) is 13.5. The fourth-order valence-electron chi connectivity index (χ4n) is 3.01. The van der Waals surface area contributed by atoms with Gasteiger partial charge in [-0.1, -0.05) is 13.8 Å². The van der Waals surface area contributed by atoms with Crippen LogP contribution in [-0.4, -0.2) is 48.1 Å². The number of esters is 1. The minimum absolute atomic E-state index is 0.00650. The first kappa shape index (κ1) is 17.0. The van der Waals surface area contributed by atoms with Gasteiger partial charge in [0.1, 0.15) is 6.04 Å². The van der Waals surface area contributed by atoms with Crippen LogP contribution in [0.15, 0.2) is 0 Å². The molecular weight excluding hydrogens is 256 g/mol. The molecule has 4 atom stereocenters. The van der Waals surface area contributed by atoms with E-state index < -0.39 is 6.04 Å². The molecule has 1 aliphatic rings. The number of carbonyl (C=O) groups excluding carboxylic acids is 2. The summed E-state index contributed by atoms with van der Waals surface area (Å²) in [5.74, 6) is -0.482. The monoisotopic (exact) mass is 284 g/mol. The highest BCUT2D eigenvalue weighted by molar-refractivity contribution is 5.87. The molecule has 0 spiro atoms. The van der Waals surface area contributed by atoms with Gasteiger partial charge in [-0.2, -0.15) is 0 Å². The molecule has 1 aliphatic heterocycles. The van der Waals surface area contributed by atoms with Gasteiger partial charge >= 0.3 is 5.97 Å². The van der Waals surface area contributed by atoms with Gasteiger partial charge in [-0.25, -0.2) is 4.79 Å². The van der Waals surface area contributed by atoms with Crippen molar-refractivity contribution < 1.29 is 14.3 Å². The Morgan fingerprint density at radius 1 is 1.15 bits per heavy atom. The van der Waals surface area contributed by atoms with Crippen LogP contribution in [0.1, 0.15) is 47.5 Å². The minimum atomic E-state index is -0.580. The van der Waals surface area contributed by atoms with E-state index in [1.165, 1.54) is 7.11 Å². The fraction of sp³-hybridized carbons (Fsp3) is 0.867. The first-order valence-corrected chi connectivity index (χ1v) is 7.45. The van der Waals surface area contributed by atoms with Crippen molar-refractivity contribution in [3.05, 3.63) is 0 Å². The molecule has 0 radical (unpaired) electrons. The second kappa shape index (κ2) is 7.07. The van der Waals surface area contributed by atoms with Crippen LogP contribution in [0.3, 0.4) is 0 Å². The summed E-state index contributed by atoms with van der Waals surface area (Å²) < 4.78 is 4.75. The van der Waals surface area contributed by atoms with Crippen molar-refractivity contribution in [3.63, 3.8) is 0 Å². The van der Waals surface area contributed by atoms with Gasteiger partial charge in [0.05, 0.1) is 13.2 Å². The molecular formula is C15H28N2O3. The number of amides is 1. The Bertz CT molecular complexity index is 347. The maximum absolute atomic E-state index is 12.4. The second-order valence-electron chi connectivity index (χ2n) is 6.15. The number of carbonyl (C=O) groups is 2. The van der Waals surface area contributed by atoms with Crippen molar-refractivity contribution in [2.24, 2.45) is 5.92 Å². The largest absolute Gasteiger partial charge is 0.467 e. The van der Waals surface area contributed by atoms with E-state index in [9.17, 15) is 9.59 Å². The zero-order chi connectivity index (χ0) is 15.4.